The van der Waals surface area contributed by atoms with Crippen molar-refractivity contribution in [3.8, 4) is 0 Å². The van der Waals surface area contributed by atoms with Crippen LogP contribution in [0, 0.1) is 0 Å². The van der Waals surface area contributed by atoms with Gasteiger partial charge in [-0.25, -0.2) is 0 Å². The summed E-state index contributed by atoms with van der Waals surface area (Å²) in [5.74, 6) is 0. The molecule has 0 aliphatic heterocycles. The second kappa shape index (κ2) is 6.11. The molecule has 1 rings (SSSR count). The van der Waals surface area contributed by atoms with Gasteiger partial charge in [-0.15, -0.1) is 0 Å². The molecule has 0 aliphatic rings. The Morgan fingerprint density at radius 2 is 1.80 bits per heavy atom. The average Bonchev–Trinajstić information content (AvgIpc) is 2.10. The van der Waals surface area contributed by atoms with Crippen LogP contribution in [0.15, 0.2) is 23.2 Å². The molecule has 0 aliphatic carbocycles. The predicted molar refractivity (Wildman–Crippen MR) is 67.5 cm³/mol. The van der Waals surface area contributed by atoms with Crippen molar-refractivity contribution in [2.45, 2.75) is 0 Å². The van der Waals surface area contributed by atoms with E-state index in [-0.39, 0.29) is 0 Å². The van der Waals surface area contributed by atoms with Gasteiger partial charge >= 0.3 is 0 Å². The molecular weight excluding hydrogens is 231 g/mol. The molecule has 0 heterocycles. The molecule has 0 spiro atoms. The zero-order valence-electron chi connectivity index (χ0n) is 8.87. The molecule has 0 radical (unpaired) electrons. The minimum atomic E-state index is 0.636. The first-order chi connectivity index (χ1) is 7.08. The summed E-state index contributed by atoms with van der Waals surface area (Å²) in [6.45, 7) is 1.71. The molecule has 0 fully saturated rings. The number of nitrogens with zero attached hydrogens (tertiary/aromatic N) is 2. The van der Waals surface area contributed by atoms with Gasteiger partial charge in [-0.2, -0.15) is 0 Å². The molecule has 2 nitrogen and oxygen atoms in total. The number of hydrogen-bond acceptors (Lipinski definition) is 2. The highest BCUT2D eigenvalue weighted by atomic mass is 35.5. The molecule has 0 atom stereocenters. The van der Waals surface area contributed by atoms with Gasteiger partial charge in [0.1, 0.15) is 0 Å². The molecule has 82 valence electrons. The maximum Gasteiger partial charge on any atom is 0.0516 e. The molecule has 1 aromatic rings. The summed E-state index contributed by atoms with van der Waals surface area (Å²) in [5, 5.41) is 1.27. The molecule has 0 amide bonds. The molecule has 0 bridgehead atoms. The van der Waals surface area contributed by atoms with Gasteiger partial charge in [0.2, 0.25) is 0 Å². The Hall–Kier alpha value is -0.570. The number of rotatable bonds is 4. The molecule has 0 saturated carbocycles. The van der Waals surface area contributed by atoms with E-state index in [1.165, 1.54) is 0 Å². The lowest BCUT2D eigenvalue weighted by atomic mass is 10.2. The first-order valence-electron chi connectivity index (χ1n) is 4.68. The summed E-state index contributed by atoms with van der Waals surface area (Å²) in [4.78, 5) is 6.37. The maximum absolute atomic E-state index is 5.86. The van der Waals surface area contributed by atoms with Crippen LogP contribution >= 0.6 is 23.2 Å². The molecule has 0 aromatic heterocycles. The number of likely N-dealkylation sites (N-methyl/N-ethyl adjacent to an activating group) is 1. The Bertz CT molecular complexity index is 328. The van der Waals surface area contributed by atoms with Crippen molar-refractivity contribution < 1.29 is 0 Å². The van der Waals surface area contributed by atoms with Crippen molar-refractivity contribution >= 4 is 29.4 Å². The van der Waals surface area contributed by atoms with Crippen molar-refractivity contribution in [3.05, 3.63) is 33.8 Å². The van der Waals surface area contributed by atoms with Crippen molar-refractivity contribution in [2.75, 3.05) is 27.2 Å². The summed E-state index contributed by atoms with van der Waals surface area (Å²) in [5.41, 5.74) is 0.936. The summed E-state index contributed by atoms with van der Waals surface area (Å²) >= 11 is 11.7. The van der Waals surface area contributed by atoms with Gasteiger partial charge in [0.05, 0.1) is 6.54 Å². The summed E-state index contributed by atoms with van der Waals surface area (Å²) in [7, 11) is 4.04. The van der Waals surface area contributed by atoms with Gasteiger partial charge in [-0.1, -0.05) is 23.2 Å². The van der Waals surface area contributed by atoms with Crippen LogP contribution in [-0.2, 0) is 0 Å². The van der Waals surface area contributed by atoms with E-state index in [0.29, 0.717) is 10.0 Å². The lowest BCUT2D eigenvalue weighted by Gasteiger charge is -2.05. The van der Waals surface area contributed by atoms with Crippen molar-refractivity contribution in [1.29, 1.82) is 0 Å². The highest BCUT2D eigenvalue weighted by Gasteiger charge is 1.95. The number of halogens is 2. The Morgan fingerprint density at radius 3 is 2.33 bits per heavy atom. The molecule has 15 heavy (non-hydrogen) atoms. The van der Waals surface area contributed by atoms with Crippen LogP contribution < -0.4 is 0 Å². The molecule has 4 heteroatoms. The van der Waals surface area contributed by atoms with Crippen LogP contribution in [0.2, 0.25) is 10.0 Å². The van der Waals surface area contributed by atoms with Crippen LogP contribution in [0.3, 0.4) is 0 Å². The quantitative estimate of drug-likeness (QED) is 0.744. The third-order valence-electron chi connectivity index (χ3n) is 1.80. The average molecular weight is 245 g/mol. The van der Waals surface area contributed by atoms with E-state index in [0.717, 1.165) is 18.7 Å². The van der Waals surface area contributed by atoms with E-state index in [9.17, 15) is 0 Å². The van der Waals surface area contributed by atoms with Crippen LogP contribution in [0.5, 0.6) is 0 Å². The smallest absolute Gasteiger partial charge is 0.0516 e. The molecule has 0 saturated heterocycles. The third kappa shape index (κ3) is 5.17. The monoisotopic (exact) mass is 244 g/mol. The zero-order valence-corrected chi connectivity index (χ0v) is 10.4. The fraction of sp³-hybridized carbons (Fsp3) is 0.364. The second-order valence-electron chi connectivity index (χ2n) is 3.54. The van der Waals surface area contributed by atoms with E-state index in [4.69, 9.17) is 23.2 Å². The van der Waals surface area contributed by atoms with E-state index < -0.39 is 0 Å². The van der Waals surface area contributed by atoms with Crippen molar-refractivity contribution in [3.63, 3.8) is 0 Å². The van der Waals surface area contributed by atoms with Gasteiger partial charge < -0.3 is 4.90 Å². The lowest BCUT2D eigenvalue weighted by molar-refractivity contribution is 0.421. The minimum absolute atomic E-state index is 0.636. The topological polar surface area (TPSA) is 15.6 Å². The van der Waals surface area contributed by atoms with Crippen molar-refractivity contribution in [2.24, 2.45) is 4.99 Å². The normalized spacial score (nSPS) is 11.5. The number of aliphatic imine (C=N–C) groups is 1. The SMILES string of the molecule is CN(C)CCN=Cc1cc(Cl)cc(Cl)c1. The Balaban J connectivity index is 2.56. The van der Waals surface area contributed by atoms with E-state index in [1.54, 1.807) is 12.3 Å². The van der Waals surface area contributed by atoms with Crippen molar-refractivity contribution in [1.82, 2.24) is 4.90 Å². The molecule has 0 unspecified atom stereocenters. The molecule has 0 N–H and O–H groups in total. The van der Waals surface area contributed by atoms with Gasteiger partial charge in [0.25, 0.3) is 0 Å². The summed E-state index contributed by atoms with van der Waals surface area (Å²) in [6, 6.07) is 5.39. The van der Waals surface area contributed by atoms with Crippen LogP contribution in [0.1, 0.15) is 5.56 Å². The fourth-order valence-corrected chi connectivity index (χ4v) is 1.62. The van der Waals surface area contributed by atoms with Gasteiger partial charge in [-0.3, -0.25) is 4.99 Å². The Morgan fingerprint density at radius 1 is 1.20 bits per heavy atom. The number of hydrogen-bond donors (Lipinski definition) is 0. The fourth-order valence-electron chi connectivity index (χ4n) is 1.08. The van der Waals surface area contributed by atoms with Gasteiger partial charge in [0, 0.05) is 22.8 Å². The third-order valence-corrected chi connectivity index (χ3v) is 2.24. The zero-order chi connectivity index (χ0) is 11.3. The lowest BCUT2D eigenvalue weighted by Crippen LogP contribution is -2.15. The van der Waals surface area contributed by atoms with E-state index in [1.807, 2.05) is 26.2 Å². The second-order valence-corrected chi connectivity index (χ2v) is 4.41. The first-order valence-corrected chi connectivity index (χ1v) is 5.44. The molecule has 1 aromatic carbocycles. The van der Waals surface area contributed by atoms with E-state index >= 15 is 0 Å². The molecular formula is C11H14Cl2N2. The predicted octanol–water partition coefficient (Wildman–Crippen LogP) is 2.97. The van der Waals surface area contributed by atoms with Crippen LogP contribution in [0.4, 0.5) is 0 Å². The Labute approximate surface area is 101 Å². The van der Waals surface area contributed by atoms with Gasteiger partial charge in [0.15, 0.2) is 0 Å². The Kier molecular flexibility index (Phi) is 5.09. The standard InChI is InChI=1S/C11H14Cl2N2/c1-15(2)4-3-14-8-9-5-10(12)7-11(13)6-9/h5-8H,3-4H2,1-2H3. The largest absolute Gasteiger partial charge is 0.308 e. The van der Waals surface area contributed by atoms with Crippen LogP contribution in [-0.4, -0.2) is 38.3 Å². The number of benzene rings is 1. The van der Waals surface area contributed by atoms with Crippen LogP contribution in [0.25, 0.3) is 0 Å². The van der Waals surface area contributed by atoms with E-state index in [2.05, 4.69) is 9.89 Å². The summed E-state index contributed by atoms with van der Waals surface area (Å²) < 4.78 is 0. The highest BCUT2D eigenvalue weighted by molar-refractivity contribution is 6.35. The minimum Gasteiger partial charge on any atom is -0.308 e. The maximum atomic E-state index is 5.86. The highest BCUT2D eigenvalue weighted by Crippen LogP contribution is 2.17. The first kappa shape index (κ1) is 12.5. The summed E-state index contributed by atoms with van der Waals surface area (Å²) in [6.07, 6.45) is 1.79. The van der Waals surface area contributed by atoms with Gasteiger partial charge in [-0.05, 0) is 37.9 Å².